The van der Waals surface area contributed by atoms with Crippen LogP contribution in [0.5, 0.6) is 11.5 Å². The Kier molecular flexibility index (Phi) is 5.53. The number of carbonyl (C=O) groups is 1. The number of rotatable bonds is 5. The summed E-state index contributed by atoms with van der Waals surface area (Å²) in [4.78, 5) is 14.6. The molecule has 0 aromatic heterocycles. The summed E-state index contributed by atoms with van der Waals surface area (Å²) >= 11 is 0. The van der Waals surface area contributed by atoms with E-state index in [0.29, 0.717) is 12.3 Å². The molecule has 1 aromatic carbocycles. The number of nitrogens with one attached hydrogen (secondary N) is 1. The van der Waals surface area contributed by atoms with Crippen molar-refractivity contribution in [3.05, 3.63) is 29.8 Å². The van der Waals surface area contributed by atoms with Gasteiger partial charge in [0.1, 0.15) is 0 Å². The first kappa shape index (κ1) is 18.7. The van der Waals surface area contributed by atoms with Crippen LogP contribution in [0.3, 0.4) is 0 Å². The van der Waals surface area contributed by atoms with E-state index in [0.717, 1.165) is 24.4 Å². The first-order valence-corrected chi connectivity index (χ1v) is 9.09. The lowest BCUT2D eigenvalue weighted by Gasteiger charge is -2.45. The van der Waals surface area contributed by atoms with Crippen LogP contribution < -0.4 is 14.8 Å². The van der Waals surface area contributed by atoms with Gasteiger partial charge in [0.15, 0.2) is 11.5 Å². The van der Waals surface area contributed by atoms with Crippen LogP contribution in [0.2, 0.25) is 0 Å². The maximum atomic E-state index is 12.2. The van der Waals surface area contributed by atoms with Gasteiger partial charge in [-0.3, -0.25) is 9.69 Å². The predicted molar refractivity (Wildman–Crippen MR) is 100 cm³/mol. The lowest BCUT2D eigenvalue weighted by atomic mass is 10.00. The third-order valence-electron chi connectivity index (χ3n) is 4.79. The van der Waals surface area contributed by atoms with Crippen LogP contribution in [0, 0.1) is 0 Å². The first-order valence-electron chi connectivity index (χ1n) is 9.09. The molecule has 26 heavy (non-hydrogen) atoms. The van der Waals surface area contributed by atoms with Crippen molar-refractivity contribution in [3.63, 3.8) is 0 Å². The molecule has 1 saturated heterocycles. The molecule has 0 unspecified atom stereocenters. The van der Waals surface area contributed by atoms with Crippen molar-refractivity contribution >= 4 is 12.0 Å². The third-order valence-corrected chi connectivity index (χ3v) is 4.79. The molecule has 0 radical (unpaired) electrons. The Hall–Kier alpha value is -2.05. The van der Waals surface area contributed by atoms with E-state index in [2.05, 4.69) is 37.9 Å². The summed E-state index contributed by atoms with van der Waals surface area (Å²) in [5.41, 5.74) is 0.772. The van der Waals surface area contributed by atoms with E-state index in [1.54, 1.807) is 12.2 Å². The van der Waals surface area contributed by atoms with Gasteiger partial charge >= 0.3 is 0 Å². The molecule has 0 spiro atoms. The first-order chi connectivity index (χ1) is 12.3. The highest BCUT2D eigenvalue weighted by Crippen LogP contribution is 2.32. The van der Waals surface area contributed by atoms with Gasteiger partial charge in [-0.15, -0.1) is 0 Å². The molecule has 1 amide bonds. The number of morpholine rings is 1. The van der Waals surface area contributed by atoms with Gasteiger partial charge in [0.2, 0.25) is 12.7 Å². The van der Waals surface area contributed by atoms with Crippen molar-refractivity contribution in [2.75, 3.05) is 26.4 Å². The van der Waals surface area contributed by atoms with Crippen LogP contribution in [0.4, 0.5) is 0 Å². The number of carbonyl (C=O) groups excluding carboxylic acids is 1. The molecule has 0 bridgehead atoms. The second-order valence-corrected chi connectivity index (χ2v) is 7.64. The minimum absolute atomic E-state index is 0.106. The Morgan fingerprint density at radius 1 is 1.23 bits per heavy atom. The average Bonchev–Trinajstić information content (AvgIpc) is 3.05. The maximum absolute atomic E-state index is 12.2. The van der Waals surface area contributed by atoms with E-state index in [4.69, 9.17) is 14.2 Å². The van der Waals surface area contributed by atoms with Crippen LogP contribution in [0.15, 0.2) is 24.3 Å². The van der Waals surface area contributed by atoms with Crippen molar-refractivity contribution in [2.24, 2.45) is 0 Å². The van der Waals surface area contributed by atoms with E-state index in [1.807, 2.05) is 18.2 Å². The highest BCUT2D eigenvalue weighted by Gasteiger charge is 2.33. The Morgan fingerprint density at radius 2 is 1.92 bits per heavy atom. The van der Waals surface area contributed by atoms with Crippen molar-refractivity contribution < 1.29 is 19.0 Å². The molecule has 142 valence electrons. The molecule has 2 heterocycles. The number of ether oxygens (including phenoxy) is 3. The largest absolute Gasteiger partial charge is 0.454 e. The Morgan fingerprint density at radius 3 is 2.65 bits per heavy atom. The van der Waals surface area contributed by atoms with Crippen LogP contribution in [0.25, 0.3) is 6.08 Å². The fraction of sp³-hybridized carbons (Fsp3) is 0.550. The number of hydrogen-bond acceptors (Lipinski definition) is 5. The second-order valence-electron chi connectivity index (χ2n) is 7.64. The number of fused-ring (bicyclic) bond motifs is 1. The molecule has 0 saturated carbocycles. The number of hydrogen-bond donors (Lipinski definition) is 1. The highest BCUT2D eigenvalue weighted by molar-refractivity contribution is 5.91. The molecule has 2 atom stereocenters. The second kappa shape index (κ2) is 7.68. The zero-order valence-electron chi connectivity index (χ0n) is 16.0. The summed E-state index contributed by atoms with van der Waals surface area (Å²) in [6.45, 7) is 11.1. The lowest BCUT2D eigenvalue weighted by Crippen LogP contribution is -2.58. The normalized spacial score (nSPS) is 23.4. The SMILES string of the molecule is C[C@@H]1CN(C(C)(C)CNC(=O)/C=C\c2ccc3c(c2)OCO3)C[C@H](C)O1. The molecule has 3 rings (SSSR count). The van der Waals surface area contributed by atoms with Crippen LogP contribution in [-0.2, 0) is 9.53 Å². The van der Waals surface area contributed by atoms with Gasteiger partial charge in [-0.05, 0) is 51.5 Å². The van der Waals surface area contributed by atoms with Crippen LogP contribution in [-0.4, -0.2) is 55.0 Å². The molecular weight excluding hydrogens is 332 g/mol. The molecule has 6 heteroatoms. The summed E-state index contributed by atoms with van der Waals surface area (Å²) in [7, 11) is 0. The van der Waals surface area contributed by atoms with Gasteiger partial charge in [0.25, 0.3) is 0 Å². The van der Waals surface area contributed by atoms with Gasteiger partial charge in [-0.2, -0.15) is 0 Å². The van der Waals surface area contributed by atoms with E-state index < -0.39 is 0 Å². The smallest absolute Gasteiger partial charge is 0.244 e. The van der Waals surface area contributed by atoms with Crippen molar-refractivity contribution in [1.29, 1.82) is 0 Å². The van der Waals surface area contributed by atoms with Crippen LogP contribution >= 0.6 is 0 Å². The molecule has 2 aliphatic heterocycles. The fourth-order valence-electron chi connectivity index (χ4n) is 3.34. The quantitative estimate of drug-likeness (QED) is 0.818. The summed E-state index contributed by atoms with van der Waals surface area (Å²) in [5.74, 6) is 1.34. The summed E-state index contributed by atoms with van der Waals surface area (Å²) in [5, 5.41) is 3.01. The molecule has 1 fully saturated rings. The van der Waals surface area contributed by atoms with Gasteiger partial charge in [0.05, 0.1) is 12.2 Å². The standard InChI is InChI=1S/C20H28N2O4/c1-14-10-22(11-15(2)26-14)20(3,4)12-21-19(23)8-6-16-5-7-17-18(9-16)25-13-24-17/h5-9,14-15H,10-13H2,1-4H3,(H,21,23)/b8-6-/t14-,15+. The van der Waals surface area contributed by atoms with E-state index >= 15 is 0 Å². The third kappa shape index (κ3) is 4.56. The van der Waals surface area contributed by atoms with Gasteiger partial charge in [-0.25, -0.2) is 0 Å². The predicted octanol–water partition coefficient (Wildman–Crippen LogP) is 2.43. The Labute approximate surface area is 155 Å². The van der Waals surface area contributed by atoms with Gasteiger partial charge in [0, 0.05) is 31.2 Å². The maximum Gasteiger partial charge on any atom is 0.244 e. The lowest BCUT2D eigenvalue weighted by molar-refractivity contribution is -0.118. The van der Waals surface area contributed by atoms with E-state index in [1.165, 1.54) is 0 Å². The zero-order chi connectivity index (χ0) is 18.7. The molecule has 1 N–H and O–H groups in total. The Balaban J connectivity index is 1.53. The van der Waals surface area contributed by atoms with Crippen molar-refractivity contribution in [1.82, 2.24) is 10.2 Å². The monoisotopic (exact) mass is 360 g/mol. The molecular formula is C20H28N2O4. The van der Waals surface area contributed by atoms with Crippen molar-refractivity contribution in [2.45, 2.75) is 45.4 Å². The minimum Gasteiger partial charge on any atom is -0.454 e. The van der Waals surface area contributed by atoms with E-state index in [9.17, 15) is 4.79 Å². The number of amides is 1. The zero-order valence-corrected chi connectivity index (χ0v) is 16.0. The average molecular weight is 360 g/mol. The van der Waals surface area contributed by atoms with Crippen LogP contribution in [0.1, 0.15) is 33.3 Å². The summed E-state index contributed by atoms with van der Waals surface area (Å²) < 4.78 is 16.4. The van der Waals surface area contributed by atoms with Crippen molar-refractivity contribution in [3.8, 4) is 11.5 Å². The fourth-order valence-corrected chi connectivity index (χ4v) is 3.34. The number of benzene rings is 1. The van der Waals surface area contributed by atoms with Gasteiger partial charge in [-0.1, -0.05) is 6.07 Å². The summed E-state index contributed by atoms with van der Waals surface area (Å²) in [6, 6.07) is 5.62. The molecule has 6 nitrogen and oxygen atoms in total. The topological polar surface area (TPSA) is 60.0 Å². The molecule has 0 aliphatic carbocycles. The van der Waals surface area contributed by atoms with Gasteiger partial charge < -0.3 is 19.5 Å². The Bertz CT molecular complexity index is 676. The molecule has 1 aromatic rings. The van der Waals surface area contributed by atoms with E-state index in [-0.39, 0.29) is 30.4 Å². The summed E-state index contributed by atoms with van der Waals surface area (Å²) in [6.07, 6.45) is 3.75. The highest BCUT2D eigenvalue weighted by atomic mass is 16.7. The minimum atomic E-state index is -0.130. The number of nitrogens with zero attached hydrogens (tertiary/aromatic N) is 1. The molecule has 2 aliphatic rings.